The second-order valence-electron chi connectivity index (χ2n) is 7.14. The summed E-state index contributed by atoms with van der Waals surface area (Å²) in [6.45, 7) is 1.51. The maximum atomic E-state index is 13.1. The fourth-order valence-corrected chi connectivity index (χ4v) is 4.86. The van der Waals surface area contributed by atoms with E-state index in [-0.39, 0.29) is 13.1 Å². The first-order valence-corrected chi connectivity index (χ1v) is 10.9. The largest absolute Gasteiger partial charge is 0.417 e. The highest BCUT2D eigenvalue weighted by Gasteiger charge is 2.36. The molecule has 0 spiro atoms. The highest BCUT2D eigenvalue weighted by Crippen LogP contribution is 2.38. The highest BCUT2D eigenvalue weighted by atomic mass is 35.5. The summed E-state index contributed by atoms with van der Waals surface area (Å²) in [5.41, 5.74) is -1.17. The molecule has 0 radical (unpaired) electrons. The van der Waals surface area contributed by atoms with E-state index in [1.54, 1.807) is 0 Å². The van der Waals surface area contributed by atoms with Crippen molar-refractivity contribution in [2.24, 2.45) is 0 Å². The van der Waals surface area contributed by atoms with Crippen LogP contribution >= 0.6 is 11.6 Å². The third kappa shape index (κ3) is 4.42. The van der Waals surface area contributed by atoms with Crippen LogP contribution in [0.25, 0.3) is 0 Å². The van der Waals surface area contributed by atoms with Crippen LogP contribution in [0.15, 0.2) is 27.6 Å². The average molecular weight is 451 g/mol. The molecule has 158 valence electrons. The summed E-state index contributed by atoms with van der Waals surface area (Å²) in [7, 11) is -4.06. The number of rotatable bonds is 5. The topological polar surface area (TPSA) is 79.5 Å². The van der Waals surface area contributed by atoms with Crippen molar-refractivity contribution < 1.29 is 26.1 Å². The Morgan fingerprint density at radius 1 is 1.17 bits per heavy atom. The minimum absolute atomic E-state index is 0.149. The molecule has 0 unspecified atom stereocenters. The Balaban J connectivity index is 1.42. The van der Waals surface area contributed by atoms with Crippen LogP contribution < -0.4 is 0 Å². The summed E-state index contributed by atoms with van der Waals surface area (Å²) in [5.74, 6) is 1.58. The second kappa shape index (κ2) is 7.53. The number of halogens is 4. The van der Waals surface area contributed by atoms with Crippen molar-refractivity contribution >= 4 is 21.6 Å². The maximum Gasteiger partial charge on any atom is 0.417 e. The molecule has 4 rings (SSSR count). The molecule has 29 heavy (non-hydrogen) atoms. The van der Waals surface area contributed by atoms with Crippen LogP contribution in [0, 0.1) is 0 Å². The lowest BCUT2D eigenvalue weighted by atomic mass is 10.2. The van der Waals surface area contributed by atoms with Crippen LogP contribution in [0.4, 0.5) is 13.2 Å². The van der Waals surface area contributed by atoms with Crippen molar-refractivity contribution in [3.8, 4) is 0 Å². The van der Waals surface area contributed by atoms with Crippen LogP contribution in [-0.2, 0) is 22.7 Å². The number of piperazine rings is 1. The van der Waals surface area contributed by atoms with E-state index in [0.29, 0.717) is 43.3 Å². The predicted molar refractivity (Wildman–Crippen MR) is 96.8 cm³/mol. The van der Waals surface area contributed by atoms with E-state index in [1.165, 1.54) is 4.31 Å². The van der Waals surface area contributed by atoms with Crippen molar-refractivity contribution in [1.29, 1.82) is 0 Å². The minimum atomic E-state index is -4.73. The fourth-order valence-electron chi connectivity index (χ4n) is 3.19. The number of hydrogen-bond donors (Lipinski definition) is 0. The number of nitrogens with zero attached hydrogens (tertiary/aromatic N) is 4. The summed E-state index contributed by atoms with van der Waals surface area (Å²) in [4.78, 5) is 5.90. The Hall–Kier alpha value is -1.69. The molecule has 1 saturated heterocycles. The van der Waals surface area contributed by atoms with Gasteiger partial charge in [-0.2, -0.15) is 22.5 Å². The molecule has 0 bridgehead atoms. The normalized spacial score (nSPS) is 19.6. The molecule has 0 atom stereocenters. The first-order chi connectivity index (χ1) is 13.6. The van der Waals surface area contributed by atoms with E-state index in [1.807, 2.05) is 4.90 Å². The van der Waals surface area contributed by atoms with Crippen molar-refractivity contribution in [2.45, 2.75) is 36.4 Å². The Morgan fingerprint density at radius 3 is 2.48 bits per heavy atom. The van der Waals surface area contributed by atoms with Gasteiger partial charge in [-0.3, -0.25) is 4.90 Å². The van der Waals surface area contributed by atoms with E-state index in [4.69, 9.17) is 16.1 Å². The van der Waals surface area contributed by atoms with Gasteiger partial charge in [0.25, 0.3) is 0 Å². The van der Waals surface area contributed by atoms with Gasteiger partial charge in [-0.1, -0.05) is 16.8 Å². The van der Waals surface area contributed by atoms with Gasteiger partial charge in [-0.05, 0) is 31.0 Å². The Labute approximate surface area is 170 Å². The van der Waals surface area contributed by atoms with Crippen molar-refractivity contribution in [3.05, 3.63) is 40.5 Å². The van der Waals surface area contributed by atoms with E-state index >= 15 is 0 Å². The molecule has 2 aliphatic rings. The summed E-state index contributed by atoms with van der Waals surface area (Å²) in [5, 5.41) is 3.42. The molecule has 1 aromatic carbocycles. The van der Waals surface area contributed by atoms with Crippen LogP contribution in [0.3, 0.4) is 0 Å². The predicted octanol–water partition coefficient (Wildman–Crippen LogP) is 3.13. The molecule has 2 heterocycles. The summed E-state index contributed by atoms with van der Waals surface area (Å²) >= 11 is 5.58. The van der Waals surface area contributed by atoms with Crippen LogP contribution in [0.2, 0.25) is 5.02 Å². The number of benzene rings is 1. The van der Waals surface area contributed by atoms with Crippen LogP contribution in [0.1, 0.15) is 36.0 Å². The first-order valence-electron chi connectivity index (χ1n) is 9.06. The third-order valence-electron chi connectivity index (χ3n) is 5.00. The van der Waals surface area contributed by atoms with Gasteiger partial charge in [0.2, 0.25) is 15.9 Å². The first kappa shape index (κ1) is 20.6. The number of sulfonamides is 1. The van der Waals surface area contributed by atoms with E-state index in [2.05, 4.69) is 10.1 Å². The Bertz CT molecular complexity index is 1000. The molecule has 1 aliphatic heterocycles. The molecule has 1 aromatic heterocycles. The molecular weight excluding hydrogens is 433 g/mol. The molecule has 7 nitrogen and oxygen atoms in total. The van der Waals surface area contributed by atoms with Gasteiger partial charge in [0, 0.05) is 32.1 Å². The molecule has 12 heteroatoms. The molecule has 1 saturated carbocycles. The molecular formula is C17H18ClF3N4O3S. The van der Waals surface area contributed by atoms with Gasteiger partial charge in [-0.15, -0.1) is 0 Å². The lowest BCUT2D eigenvalue weighted by Gasteiger charge is -2.33. The number of alkyl halides is 3. The van der Waals surface area contributed by atoms with Gasteiger partial charge in [0.1, 0.15) is 0 Å². The lowest BCUT2D eigenvalue weighted by Crippen LogP contribution is -2.48. The van der Waals surface area contributed by atoms with Crippen LogP contribution in [0.5, 0.6) is 0 Å². The van der Waals surface area contributed by atoms with Crippen molar-refractivity contribution in [1.82, 2.24) is 19.3 Å². The molecule has 1 aliphatic carbocycles. The highest BCUT2D eigenvalue weighted by molar-refractivity contribution is 7.89. The maximum absolute atomic E-state index is 13.1. The average Bonchev–Trinajstić information content (AvgIpc) is 3.41. The molecule has 0 amide bonds. The molecule has 2 fully saturated rings. The Kier molecular flexibility index (Phi) is 5.34. The minimum Gasteiger partial charge on any atom is -0.338 e. The van der Waals surface area contributed by atoms with Gasteiger partial charge in [-0.25, -0.2) is 8.42 Å². The van der Waals surface area contributed by atoms with E-state index < -0.39 is 31.7 Å². The van der Waals surface area contributed by atoms with Gasteiger partial charge >= 0.3 is 6.18 Å². The lowest BCUT2D eigenvalue weighted by molar-refractivity contribution is -0.137. The zero-order valence-electron chi connectivity index (χ0n) is 15.2. The quantitative estimate of drug-likeness (QED) is 0.696. The SMILES string of the molecule is O=S(=O)(c1ccc(Cl)c(C(F)(F)F)c1)N1CCN(Cc2nc(C3CC3)no2)CC1. The molecule has 0 N–H and O–H groups in total. The van der Waals surface area contributed by atoms with Gasteiger partial charge in [0.15, 0.2) is 5.82 Å². The zero-order chi connectivity index (χ0) is 20.8. The third-order valence-corrected chi connectivity index (χ3v) is 7.22. The second-order valence-corrected chi connectivity index (χ2v) is 9.49. The van der Waals surface area contributed by atoms with Gasteiger partial charge < -0.3 is 4.52 Å². The van der Waals surface area contributed by atoms with Crippen LogP contribution in [-0.4, -0.2) is 53.9 Å². The number of aromatic nitrogens is 2. The van der Waals surface area contributed by atoms with E-state index in [9.17, 15) is 21.6 Å². The Morgan fingerprint density at radius 2 is 1.86 bits per heavy atom. The van der Waals surface area contributed by atoms with E-state index in [0.717, 1.165) is 25.0 Å². The van der Waals surface area contributed by atoms with Crippen molar-refractivity contribution in [3.63, 3.8) is 0 Å². The standard InChI is InChI=1S/C17H18ClF3N4O3S/c18-14-4-3-12(9-13(14)17(19,20)21)29(26,27)25-7-5-24(6-8-25)10-15-22-16(23-28-15)11-1-2-11/h3-4,9,11H,1-2,5-8,10H2. The van der Waals surface area contributed by atoms with Crippen molar-refractivity contribution in [2.75, 3.05) is 26.2 Å². The summed E-state index contributed by atoms with van der Waals surface area (Å²) in [6, 6.07) is 2.64. The summed E-state index contributed by atoms with van der Waals surface area (Å²) < 4.78 is 71.1. The smallest absolute Gasteiger partial charge is 0.338 e. The van der Waals surface area contributed by atoms with Gasteiger partial charge in [0.05, 0.1) is 22.0 Å². The zero-order valence-corrected chi connectivity index (χ0v) is 16.8. The number of hydrogen-bond acceptors (Lipinski definition) is 6. The monoisotopic (exact) mass is 450 g/mol. The fraction of sp³-hybridized carbons (Fsp3) is 0.529. The summed E-state index contributed by atoms with van der Waals surface area (Å²) in [6.07, 6.45) is -2.60. The molecule has 2 aromatic rings.